The molecule has 3 nitrogen and oxygen atoms in total. The van der Waals surface area contributed by atoms with Gasteiger partial charge in [-0.05, 0) is 6.42 Å². The van der Waals surface area contributed by atoms with E-state index in [0.29, 0.717) is 0 Å². The van der Waals surface area contributed by atoms with E-state index < -0.39 is 24.7 Å². The second-order valence-corrected chi connectivity index (χ2v) is 2.91. The van der Waals surface area contributed by atoms with Gasteiger partial charge in [0.15, 0.2) is 0 Å². The van der Waals surface area contributed by atoms with Crippen molar-refractivity contribution in [1.82, 2.24) is 4.90 Å². The van der Waals surface area contributed by atoms with E-state index >= 15 is 0 Å². The highest BCUT2D eigenvalue weighted by Gasteiger charge is 2.58. The van der Waals surface area contributed by atoms with Crippen molar-refractivity contribution in [1.29, 1.82) is 0 Å². The zero-order valence-corrected chi connectivity index (χ0v) is 7.81. The van der Waals surface area contributed by atoms with Crippen molar-refractivity contribution >= 4 is 6.09 Å². The van der Waals surface area contributed by atoms with Crippen LogP contribution in [0.2, 0.25) is 0 Å². The van der Waals surface area contributed by atoms with Crippen LogP contribution in [-0.2, 0) is 0 Å². The molecule has 0 heterocycles. The van der Waals surface area contributed by atoms with E-state index in [1.54, 1.807) is 0 Å². The van der Waals surface area contributed by atoms with E-state index in [0.717, 1.165) is 0 Å². The highest BCUT2D eigenvalue weighted by molar-refractivity contribution is 5.65. The Balaban J connectivity index is 4.59. The first kappa shape index (κ1) is 13.9. The molecule has 1 N–H and O–H groups in total. The Hall–Kier alpha value is -1.08. The third-order valence-corrected chi connectivity index (χ3v) is 1.57. The first-order valence-electron chi connectivity index (χ1n) is 4.04. The summed E-state index contributed by atoms with van der Waals surface area (Å²) in [7, 11) is 0. The summed E-state index contributed by atoms with van der Waals surface area (Å²) in [5, 5.41) is 8.36. The lowest BCUT2D eigenvalue weighted by molar-refractivity contribution is -0.284. The van der Waals surface area contributed by atoms with Gasteiger partial charge >= 0.3 is 18.2 Å². The van der Waals surface area contributed by atoms with Gasteiger partial charge in [-0.1, -0.05) is 6.92 Å². The van der Waals surface area contributed by atoms with Gasteiger partial charge in [0.25, 0.3) is 0 Å². The molecule has 0 bridgehead atoms. The van der Waals surface area contributed by atoms with Crippen LogP contribution in [0.25, 0.3) is 0 Å². The Bertz CT molecular complexity index is 228. The molecule has 0 fully saturated rings. The number of rotatable bonds is 4. The molecular formula is C7H10F5NO2. The van der Waals surface area contributed by atoms with Crippen LogP contribution in [-0.4, -0.2) is 41.3 Å². The van der Waals surface area contributed by atoms with Gasteiger partial charge in [0.2, 0.25) is 0 Å². The van der Waals surface area contributed by atoms with Crippen LogP contribution < -0.4 is 0 Å². The summed E-state index contributed by atoms with van der Waals surface area (Å²) in [5.41, 5.74) is 0. The number of carbonyl (C=O) groups is 1. The molecule has 0 saturated heterocycles. The maximum atomic E-state index is 12.4. The Labute approximate surface area is 82.5 Å². The Kier molecular flexibility index (Phi) is 4.29. The molecule has 0 aliphatic rings. The standard InChI is InChI=1S/C7H10F5NO2/c1-2-3-13(5(14)15)4-6(8,9)7(10,11)12/h2-4H2,1H3,(H,14,15). The van der Waals surface area contributed by atoms with Crippen molar-refractivity contribution in [2.24, 2.45) is 0 Å². The predicted molar refractivity (Wildman–Crippen MR) is 40.9 cm³/mol. The topological polar surface area (TPSA) is 40.5 Å². The van der Waals surface area contributed by atoms with E-state index in [2.05, 4.69) is 0 Å². The minimum absolute atomic E-state index is 0.0491. The molecule has 0 aromatic carbocycles. The molecule has 1 amide bonds. The maximum Gasteiger partial charge on any atom is 0.455 e. The molecule has 0 aliphatic heterocycles. The van der Waals surface area contributed by atoms with Crippen LogP contribution in [0.1, 0.15) is 13.3 Å². The summed E-state index contributed by atoms with van der Waals surface area (Å²) in [5.74, 6) is -5.01. The second kappa shape index (κ2) is 4.63. The molecule has 0 aromatic heterocycles. The minimum atomic E-state index is -5.73. The smallest absolute Gasteiger partial charge is 0.455 e. The number of amides is 1. The summed E-state index contributed by atoms with van der Waals surface area (Å²) in [4.78, 5) is 10.4. The Morgan fingerprint density at radius 3 is 2.00 bits per heavy atom. The number of halogens is 5. The highest BCUT2D eigenvalue weighted by Crippen LogP contribution is 2.35. The van der Waals surface area contributed by atoms with Crippen LogP contribution >= 0.6 is 0 Å². The van der Waals surface area contributed by atoms with Crippen LogP contribution in [0, 0.1) is 0 Å². The average Bonchev–Trinajstić information content (AvgIpc) is 2.00. The van der Waals surface area contributed by atoms with Crippen molar-refractivity contribution in [2.45, 2.75) is 25.4 Å². The fourth-order valence-electron chi connectivity index (χ4n) is 0.842. The van der Waals surface area contributed by atoms with Crippen molar-refractivity contribution in [3.63, 3.8) is 0 Å². The van der Waals surface area contributed by atoms with Crippen molar-refractivity contribution in [3.8, 4) is 0 Å². The van der Waals surface area contributed by atoms with Gasteiger partial charge in [-0.15, -0.1) is 0 Å². The monoisotopic (exact) mass is 235 g/mol. The summed E-state index contributed by atoms with van der Waals surface area (Å²) in [6, 6.07) is 0. The van der Waals surface area contributed by atoms with Crippen molar-refractivity contribution in [2.75, 3.05) is 13.1 Å². The number of hydrogen-bond acceptors (Lipinski definition) is 1. The van der Waals surface area contributed by atoms with Crippen LogP contribution in [0.15, 0.2) is 0 Å². The fraction of sp³-hybridized carbons (Fsp3) is 0.857. The zero-order valence-electron chi connectivity index (χ0n) is 7.81. The fourth-order valence-corrected chi connectivity index (χ4v) is 0.842. The lowest BCUT2D eigenvalue weighted by Crippen LogP contribution is -2.48. The SMILES string of the molecule is CCCN(CC(F)(F)C(F)(F)F)C(=O)O. The van der Waals surface area contributed by atoms with Crippen molar-refractivity contribution < 1.29 is 31.9 Å². The summed E-state index contributed by atoms with van der Waals surface area (Å²) >= 11 is 0. The van der Waals surface area contributed by atoms with E-state index in [-0.39, 0.29) is 17.9 Å². The van der Waals surface area contributed by atoms with Gasteiger partial charge in [-0.3, -0.25) is 0 Å². The number of hydrogen-bond donors (Lipinski definition) is 1. The molecule has 0 rings (SSSR count). The molecule has 0 aromatic rings. The lowest BCUT2D eigenvalue weighted by atomic mass is 10.3. The molecule has 0 aliphatic carbocycles. The van der Waals surface area contributed by atoms with Crippen LogP contribution in [0.5, 0.6) is 0 Å². The van der Waals surface area contributed by atoms with Gasteiger partial charge in [-0.2, -0.15) is 22.0 Å². The lowest BCUT2D eigenvalue weighted by Gasteiger charge is -2.26. The zero-order chi connectivity index (χ0) is 12.3. The number of nitrogens with zero attached hydrogens (tertiary/aromatic N) is 1. The predicted octanol–water partition coefficient (Wildman–Crippen LogP) is 2.57. The molecule has 0 saturated carbocycles. The van der Waals surface area contributed by atoms with Crippen LogP contribution in [0.4, 0.5) is 26.7 Å². The third-order valence-electron chi connectivity index (χ3n) is 1.57. The molecule has 15 heavy (non-hydrogen) atoms. The molecule has 0 unspecified atom stereocenters. The number of carboxylic acid groups (broad SMARTS) is 1. The molecule has 90 valence electrons. The van der Waals surface area contributed by atoms with Gasteiger partial charge in [0, 0.05) is 6.54 Å². The van der Waals surface area contributed by atoms with Crippen molar-refractivity contribution in [3.05, 3.63) is 0 Å². The quantitative estimate of drug-likeness (QED) is 0.761. The van der Waals surface area contributed by atoms with E-state index in [1.807, 2.05) is 0 Å². The summed E-state index contributed by atoms with van der Waals surface area (Å²) in [6.07, 6.45) is -7.35. The van der Waals surface area contributed by atoms with Gasteiger partial charge in [-0.25, -0.2) is 4.79 Å². The molecule has 0 radical (unpaired) electrons. The largest absolute Gasteiger partial charge is 0.465 e. The normalized spacial score (nSPS) is 12.7. The highest BCUT2D eigenvalue weighted by atomic mass is 19.4. The molecular weight excluding hydrogens is 225 g/mol. The van der Waals surface area contributed by atoms with Gasteiger partial charge in [0.1, 0.15) is 0 Å². The van der Waals surface area contributed by atoms with E-state index in [1.165, 1.54) is 6.92 Å². The molecule has 0 spiro atoms. The minimum Gasteiger partial charge on any atom is -0.465 e. The van der Waals surface area contributed by atoms with Gasteiger partial charge in [0.05, 0.1) is 6.54 Å². The van der Waals surface area contributed by atoms with E-state index in [4.69, 9.17) is 5.11 Å². The van der Waals surface area contributed by atoms with Gasteiger partial charge < -0.3 is 10.0 Å². The van der Waals surface area contributed by atoms with Crippen LogP contribution in [0.3, 0.4) is 0 Å². The second-order valence-electron chi connectivity index (χ2n) is 2.91. The summed E-state index contributed by atoms with van der Waals surface area (Å²) < 4.78 is 60.1. The first-order valence-corrected chi connectivity index (χ1v) is 4.04. The molecule has 8 heteroatoms. The van der Waals surface area contributed by atoms with E-state index in [9.17, 15) is 26.7 Å². The Morgan fingerprint density at radius 1 is 1.27 bits per heavy atom. The summed E-state index contributed by atoms with van der Waals surface area (Å²) in [6.45, 7) is -0.748. The third kappa shape index (κ3) is 3.88. The Morgan fingerprint density at radius 2 is 1.73 bits per heavy atom. The molecule has 0 atom stereocenters. The average molecular weight is 235 g/mol. The maximum absolute atomic E-state index is 12.4. The first-order chi connectivity index (χ1) is 6.62. The number of alkyl halides is 5.